The summed E-state index contributed by atoms with van der Waals surface area (Å²) in [5, 5.41) is 9.36. The van der Waals surface area contributed by atoms with Gasteiger partial charge in [0.2, 0.25) is 0 Å². The molecule has 6 nitrogen and oxygen atoms in total. The van der Waals surface area contributed by atoms with Gasteiger partial charge in [-0.2, -0.15) is 0 Å². The first kappa shape index (κ1) is 16.1. The van der Waals surface area contributed by atoms with Gasteiger partial charge in [0, 0.05) is 19.2 Å². The van der Waals surface area contributed by atoms with E-state index in [9.17, 15) is 14.7 Å². The van der Waals surface area contributed by atoms with E-state index in [1.165, 1.54) is 7.11 Å². The third kappa shape index (κ3) is 3.16. The third-order valence-electron chi connectivity index (χ3n) is 4.19. The Morgan fingerprint density at radius 3 is 2.59 bits per heavy atom. The van der Waals surface area contributed by atoms with Crippen molar-refractivity contribution in [3.63, 3.8) is 0 Å². The minimum absolute atomic E-state index is 0.0917. The van der Waals surface area contributed by atoms with Crippen LogP contribution in [0.1, 0.15) is 23.7 Å². The average molecular weight is 307 g/mol. The van der Waals surface area contributed by atoms with Gasteiger partial charge in [-0.3, -0.25) is 4.79 Å². The first-order valence-corrected chi connectivity index (χ1v) is 7.22. The number of nitrogens with zero attached hydrogens (tertiary/aromatic N) is 1. The standard InChI is InChI=1S/C16H21NO5/c1-10-9-17(7-6-12(10)16(20)22-3)14-8-11(21-2)4-5-13(14)15(18)19/h4-5,8,10,12H,6-7,9H2,1-3H3,(H,18,19)/t10-,12-/m0/s1. The van der Waals surface area contributed by atoms with Crippen molar-refractivity contribution in [3.8, 4) is 5.75 Å². The highest BCUT2D eigenvalue weighted by molar-refractivity contribution is 5.95. The molecule has 0 unspecified atom stereocenters. The first-order chi connectivity index (χ1) is 10.5. The second-order valence-corrected chi connectivity index (χ2v) is 5.53. The maximum atomic E-state index is 11.7. The normalized spacial score (nSPS) is 21.3. The lowest BCUT2D eigenvalue weighted by Crippen LogP contribution is -2.43. The van der Waals surface area contributed by atoms with E-state index in [4.69, 9.17) is 9.47 Å². The number of hydrogen-bond donors (Lipinski definition) is 1. The largest absolute Gasteiger partial charge is 0.497 e. The molecule has 1 aliphatic heterocycles. The Morgan fingerprint density at radius 1 is 1.32 bits per heavy atom. The number of carboxylic acids is 1. The predicted octanol–water partition coefficient (Wildman–Crippen LogP) is 2.03. The zero-order chi connectivity index (χ0) is 16.3. The van der Waals surface area contributed by atoms with E-state index in [1.54, 1.807) is 25.3 Å². The number of benzene rings is 1. The van der Waals surface area contributed by atoms with Crippen molar-refractivity contribution in [2.75, 3.05) is 32.2 Å². The Labute approximate surface area is 129 Å². The maximum Gasteiger partial charge on any atom is 0.337 e. The summed E-state index contributed by atoms with van der Waals surface area (Å²) in [6.07, 6.45) is 0.643. The van der Waals surface area contributed by atoms with Crippen LogP contribution in [0.2, 0.25) is 0 Å². The minimum atomic E-state index is -0.972. The molecule has 2 rings (SSSR count). The lowest BCUT2D eigenvalue weighted by Gasteiger charge is -2.37. The van der Waals surface area contributed by atoms with Crippen LogP contribution in [-0.2, 0) is 9.53 Å². The van der Waals surface area contributed by atoms with E-state index in [-0.39, 0.29) is 23.4 Å². The lowest BCUT2D eigenvalue weighted by molar-refractivity contribution is -0.147. The molecule has 1 N–H and O–H groups in total. The fourth-order valence-electron chi connectivity index (χ4n) is 2.95. The first-order valence-electron chi connectivity index (χ1n) is 7.22. The van der Waals surface area contributed by atoms with Crippen molar-refractivity contribution in [1.82, 2.24) is 0 Å². The number of esters is 1. The van der Waals surface area contributed by atoms with Crippen LogP contribution < -0.4 is 9.64 Å². The number of carboxylic acid groups (broad SMARTS) is 1. The minimum Gasteiger partial charge on any atom is -0.497 e. The SMILES string of the molecule is COC(=O)[C@H]1CCN(c2cc(OC)ccc2C(=O)O)C[C@@H]1C. The number of methoxy groups -OCH3 is 2. The molecule has 1 fully saturated rings. The number of anilines is 1. The van der Waals surface area contributed by atoms with Crippen molar-refractivity contribution in [2.45, 2.75) is 13.3 Å². The highest BCUT2D eigenvalue weighted by Crippen LogP contribution is 2.32. The van der Waals surface area contributed by atoms with Gasteiger partial charge in [0.15, 0.2) is 0 Å². The molecule has 22 heavy (non-hydrogen) atoms. The van der Waals surface area contributed by atoms with Crippen LogP contribution in [0, 0.1) is 11.8 Å². The van der Waals surface area contributed by atoms with Gasteiger partial charge in [0.05, 0.1) is 31.4 Å². The van der Waals surface area contributed by atoms with Gasteiger partial charge in [-0.15, -0.1) is 0 Å². The monoisotopic (exact) mass is 307 g/mol. The molecule has 0 radical (unpaired) electrons. The third-order valence-corrected chi connectivity index (χ3v) is 4.19. The number of carbonyl (C=O) groups excluding carboxylic acids is 1. The van der Waals surface area contributed by atoms with Gasteiger partial charge in [0.25, 0.3) is 0 Å². The Hall–Kier alpha value is -2.24. The Bertz CT molecular complexity index is 572. The van der Waals surface area contributed by atoms with E-state index >= 15 is 0 Å². The summed E-state index contributed by atoms with van der Waals surface area (Å²) in [5.41, 5.74) is 0.867. The molecule has 1 aromatic rings. The highest BCUT2D eigenvalue weighted by atomic mass is 16.5. The molecule has 120 valence electrons. The van der Waals surface area contributed by atoms with E-state index < -0.39 is 5.97 Å². The van der Waals surface area contributed by atoms with Crippen LogP contribution in [0.15, 0.2) is 18.2 Å². The molecule has 2 atom stereocenters. The van der Waals surface area contributed by atoms with Crippen molar-refractivity contribution < 1.29 is 24.2 Å². The van der Waals surface area contributed by atoms with Gasteiger partial charge < -0.3 is 19.5 Å². The molecule has 1 aliphatic rings. The van der Waals surface area contributed by atoms with Crippen LogP contribution in [0.5, 0.6) is 5.75 Å². The molecule has 1 aromatic carbocycles. The number of aromatic carboxylic acids is 1. The highest BCUT2D eigenvalue weighted by Gasteiger charge is 2.33. The van der Waals surface area contributed by atoms with Gasteiger partial charge in [-0.1, -0.05) is 6.92 Å². The van der Waals surface area contributed by atoms with Gasteiger partial charge >= 0.3 is 11.9 Å². The summed E-state index contributed by atoms with van der Waals surface area (Å²) < 4.78 is 10.0. The quantitative estimate of drug-likeness (QED) is 0.858. The molecule has 0 aromatic heterocycles. The smallest absolute Gasteiger partial charge is 0.337 e. The Kier molecular flexibility index (Phi) is 4.90. The van der Waals surface area contributed by atoms with Gasteiger partial charge in [-0.25, -0.2) is 4.79 Å². The number of hydrogen-bond acceptors (Lipinski definition) is 5. The summed E-state index contributed by atoms with van der Waals surface area (Å²) in [7, 11) is 2.94. The number of rotatable bonds is 4. The Morgan fingerprint density at radius 2 is 2.05 bits per heavy atom. The van der Waals surface area contributed by atoms with Gasteiger partial charge in [-0.05, 0) is 24.5 Å². The van der Waals surface area contributed by atoms with E-state index in [2.05, 4.69) is 0 Å². The van der Waals surface area contributed by atoms with E-state index in [1.807, 2.05) is 11.8 Å². The van der Waals surface area contributed by atoms with E-state index in [0.29, 0.717) is 30.9 Å². The van der Waals surface area contributed by atoms with Crippen molar-refractivity contribution in [3.05, 3.63) is 23.8 Å². The number of piperidine rings is 1. The molecule has 1 heterocycles. The summed E-state index contributed by atoms with van der Waals surface area (Å²) in [4.78, 5) is 25.2. The van der Waals surface area contributed by atoms with E-state index in [0.717, 1.165) is 0 Å². The maximum absolute atomic E-state index is 11.7. The fourth-order valence-corrected chi connectivity index (χ4v) is 2.95. The van der Waals surface area contributed by atoms with Crippen molar-refractivity contribution in [1.29, 1.82) is 0 Å². The average Bonchev–Trinajstić information content (AvgIpc) is 2.53. The molecular weight excluding hydrogens is 286 g/mol. The molecule has 0 saturated carbocycles. The van der Waals surface area contributed by atoms with Gasteiger partial charge in [0.1, 0.15) is 5.75 Å². The molecule has 0 bridgehead atoms. The summed E-state index contributed by atoms with van der Waals surface area (Å²) >= 11 is 0. The zero-order valence-corrected chi connectivity index (χ0v) is 13.0. The van der Waals surface area contributed by atoms with Crippen LogP contribution in [0.3, 0.4) is 0 Å². The fraction of sp³-hybridized carbons (Fsp3) is 0.500. The summed E-state index contributed by atoms with van der Waals surface area (Å²) in [6.45, 7) is 3.19. The summed E-state index contributed by atoms with van der Waals surface area (Å²) in [5.74, 6) is -0.603. The second kappa shape index (κ2) is 6.68. The lowest BCUT2D eigenvalue weighted by atomic mass is 9.86. The Balaban J connectivity index is 2.26. The zero-order valence-electron chi connectivity index (χ0n) is 13.0. The molecule has 0 aliphatic carbocycles. The number of ether oxygens (including phenoxy) is 2. The van der Waals surface area contributed by atoms with Crippen molar-refractivity contribution in [2.24, 2.45) is 11.8 Å². The number of carbonyl (C=O) groups is 2. The second-order valence-electron chi connectivity index (χ2n) is 5.53. The van der Waals surface area contributed by atoms with Crippen LogP contribution in [-0.4, -0.2) is 44.4 Å². The summed E-state index contributed by atoms with van der Waals surface area (Å²) in [6, 6.07) is 4.92. The molecule has 0 spiro atoms. The predicted molar refractivity (Wildman–Crippen MR) is 81.5 cm³/mol. The molecule has 1 saturated heterocycles. The van der Waals surface area contributed by atoms with Crippen LogP contribution in [0.4, 0.5) is 5.69 Å². The molecular formula is C16H21NO5. The van der Waals surface area contributed by atoms with Crippen LogP contribution >= 0.6 is 0 Å². The van der Waals surface area contributed by atoms with Crippen molar-refractivity contribution >= 4 is 17.6 Å². The topological polar surface area (TPSA) is 76.1 Å². The van der Waals surface area contributed by atoms with Crippen LogP contribution in [0.25, 0.3) is 0 Å². The molecule has 0 amide bonds. The molecule has 6 heteroatoms.